The van der Waals surface area contributed by atoms with Gasteiger partial charge in [0.05, 0.1) is 10.4 Å². The molecular formula is C12H10NO3S+. The molecule has 17 heavy (non-hydrogen) atoms. The van der Waals surface area contributed by atoms with Crippen LogP contribution in [0.15, 0.2) is 42.0 Å². The van der Waals surface area contributed by atoms with Crippen LogP contribution in [0.4, 0.5) is 0 Å². The van der Waals surface area contributed by atoms with E-state index in [0.717, 1.165) is 11.3 Å². The molecule has 0 aromatic carbocycles. The Balaban J connectivity index is 2.21. The Hall–Kier alpha value is -2.01. The van der Waals surface area contributed by atoms with Crippen LogP contribution in [0.25, 0.3) is 0 Å². The van der Waals surface area contributed by atoms with E-state index in [4.69, 9.17) is 5.11 Å². The number of nitrogens with zero attached hydrogens (tertiary/aromatic N) is 1. The molecule has 0 saturated carbocycles. The minimum absolute atomic E-state index is 0.0801. The zero-order valence-corrected chi connectivity index (χ0v) is 9.68. The zero-order valence-electron chi connectivity index (χ0n) is 8.87. The summed E-state index contributed by atoms with van der Waals surface area (Å²) in [7, 11) is 0. The van der Waals surface area contributed by atoms with Crippen molar-refractivity contribution < 1.29 is 19.3 Å². The third-order valence-electron chi connectivity index (χ3n) is 2.25. The molecule has 0 unspecified atom stereocenters. The number of carbonyl (C=O) groups is 2. The van der Waals surface area contributed by atoms with E-state index >= 15 is 0 Å². The summed E-state index contributed by atoms with van der Waals surface area (Å²) in [5, 5.41) is 10.5. The van der Waals surface area contributed by atoms with Crippen LogP contribution in [0.5, 0.6) is 0 Å². The van der Waals surface area contributed by atoms with Gasteiger partial charge in [0.15, 0.2) is 12.4 Å². The quantitative estimate of drug-likeness (QED) is 0.660. The number of pyridine rings is 1. The van der Waals surface area contributed by atoms with Crippen LogP contribution in [0.1, 0.15) is 20.0 Å². The summed E-state index contributed by atoms with van der Waals surface area (Å²) >= 11 is 1.16. The second kappa shape index (κ2) is 4.88. The molecule has 0 fully saturated rings. The maximum absolute atomic E-state index is 11.9. The van der Waals surface area contributed by atoms with E-state index < -0.39 is 5.97 Å². The third-order valence-corrected chi connectivity index (χ3v) is 3.21. The third kappa shape index (κ3) is 2.57. The Labute approximate surface area is 102 Å². The molecule has 2 heterocycles. The molecule has 0 spiro atoms. The zero-order chi connectivity index (χ0) is 12.3. The van der Waals surface area contributed by atoms with Gasteiger partial charge < -0.3 is 5.11 Å². The molecule has 5 heteroatoms. The molecule has 2 rings (SSSR count). The normalized spacial score (nSPS) is 10.1. The highest BCUT2D eigenvalue weighted by atomic mass is 32.1. The average Bonchev–Trinajstić information content (AvgIpc) is 2.79. The number of carboxylic acids is 1. The van der Waals surface area contributed by atoms with E-state index in [-0.39, 0.29) is 17.9 Å². The first-order chi connectivity index (χ1) is 8.18. The van der Waals surface area contributed by atoms with Crippen LogP contribution < -0.4 is 4.57 Å². The predicted octanol–water partition coefficient (Wildman–Crippen LogP) is 1.62. The molecule has 2 aromatic heterocycles. The Morgan fingerprint density at radius 2 is 1.94 bits per heavy atom. The van der Waals surface area contributed by atoms with Gasteiger partial charge in [0, 0.05) is 12.1 Å². The largest absolute Gasteiger partial charge is 0.478 e. The Kier molecular flexibility index (Phi) is 3.30. The first-order valence-electron chi connectivity index (χ1n) is 4.96. The average molecular weight is 248 g/mol. The molecule has 0 aliphatic carbocycles. The highest BCUT2D eigenvalue weighted by Gasteiger charge is 2.20. The SMILES string of the molecule is O=C(O)c1ccsc1C(=O)C[n+]1ccccc1. The summed E-state index contributed by atoms with van der Waals surface area (Å²) in [6.07, 6.45) is 3.54. The first kappa shape index (κ1) is 11.5. The molecule has 0 amide bonds. The van der Waals surface area contributed by atoms with E-state index in [1.807, 2.05) is 18.2 Å². The standard InChI is InChI=1S/C12H9NO3S/c14-10(8-13-5-2-1-3-6-13)11-9(12(15)16)4-7-17-11/h1-7H,8H2/p+1. The summed E-state index contributed by atoms with van der Waals surface area (Å²) < 4.78 is 1.72. The van der Waals surface area contributed by atoms with Gasteiger partial charge in [-0.05, 0) is 11.4 Å². The molecule has 0 aliphatic heterocycles. The number of Topliss-reactive ketones (excluding diaryl/α,β-unsaturated/α-hetero) is 1. The number of carboxylic acid groups (broad SMARTS) is 1. The number of rotatable bonds is 4. The van der Waals surface area contributed by atoms with Crippen molar-refractivity contribution in [3.8, 4) is 0 Å². The summed E-state index contributed by atoms with van der Waals surface area (Å²) in [6, 6.07) is 6.95. The number of hydrogen-bond acceptors (Lipinski definition) is 3. The second-order valence-corrected chi connectivity index (χ2v) is 4.36. The lowest BCUT2D eigenvalue weighted by molar-refractivity contribution is -0.683. The highest BCUT2D eigenvalue weighted by molar-refractivity contribution is 7.12. The maximum atomic E-state index is 11.9. The summed E-state index contributed by atoms with van der Waals surface area (Å²) in [5.74, 6) is -1.25. The molecule has 0 atom stereocenters. The first-order valence-corrected chi connectivity index (χ1v) is 5.84. The molecule has 1 N–H and O–H groups in total. The number of aromatic carboxylic acids is 1. The van der Waals surface area contributed by atoms with Gasteiger partial charge in [0.1, 0.15) is 0 Å². The van der Waals surface area contributed by atoms with E-state index in [1.54, 1.807) is 22.3 Å². The number of ketones is 1. The fourth-order valence-corrected chi connectivity index (χ4v) is 2.29. The smallest absolute Gasteiger partial charge is 0.337 e. The molecule has 0 saturated heterocycles. The van der Waals surface area contributed by atoms with Gasteiger partial charge in [0.25, 0.3) is 0 Å². The molecule has 0 aliphatic rings. The van der Waals surface area contributed by atoms with Crippen molar-refractivity contribution in [1.29, 1.82) is 0 Å². The van der Waals surface area contributed by atoms with Crippen molar-refractivity contribution in [2.75, 3.05) is 0 Å². The summed E-state index contributed by atoms with van der Waals surface area (Å²) in [4.78, 5) is 23.1. The van der Waals surface area contributed by atoms with E-state index in [1.165, 1.54) is 6.07 Å². The second-order valence-electron chi connectivity index (χ2n) is 3.44. The summed E-state index contributed by atoms with van der Waals surface area (Å²) in [5.41, 5.74) is 0.0801. The Morgan fingerprint density at radius 1 is 1.24 bits per heavy atom. The van der Waals surface area contributed by atoms with Crippen LogP contribution in [-0.2, 0) is 6.54 Å². The fraction of sp³-hybridized carbons (Fsp3) is 0.0833. The Morgan fingerprint density at radius 3 is 2.59 bits per heavy atom. The van der Waals surface area contributed by atoms with Crippen molar-refractivity contribution in [3.63, 3.8) is 0 Å². The lowest BCUT2D eigenvalue weighted by Crippen LogP contribution is -2.36. The van der Waals surface area contributed by atoms with Crippen LogP contribution >= 0.6 is 11.3 Å². The van der Waals surface area contributed by atoms with Gasteiger partial charge in [-0.15, -0.1) is 11.3 Å². The van der Waals surface area contributed by atoms with E-state index in [0.29, 0.717) is 4.88 Å². The van der Waals surface area contributed by atoms with Gasteiger partial charge in [-0.2, -0.15) is 4.57 Å². The minimum atomic E-state index is -1.06. The number of carbonyl (C=O) groups excluding carboxylic acids is 1. The fourth-order valence-electron chi connectivity index (χ4n) is 1.47. The lowest BCUT2D eigenvalue weighted by atomic mass is 10.2. The maximum Gasteiger partial charge on any atom is 0.337 e. The van der Waals surface area contributed by atoms with Crippen LogP contribution in [0.2, 0.25) is 0 Å². The van der Waals surface area contributed by atoms with Crippen molar-refractivity contribution in [2.45, 2.75) is 6.54 Å². The van der Waals surface area contributed by atoms with Crippen LogP contribution in [-0.4, -0.2) is 16.9 Å². The minimum Gasteiger partial charge on any atom is -0.478 e. The molecule has 2 aromatic rings. The predicted molar refractivity (Wildman–Crippen MR) is 62.2 cm³/mol. The lowest BCUT2D eigenvalue weighted by Gasteiger charge is -1.96. The highest BCUT2D eigenvalue weighted by Crippen LogP contribution is 2.17. The van der Waals surface area contributed by atoms with Gasteiger partial charge >= 0.3 is 5.97 Å². The number of aromatic nitrogens is 1. The molecule has 0 radical (unpaired) electrons. The van der Waals surface area contributed by atoms with E-state index in [9.17, 15) is 9.59 Å². The number of hydrogen-bond donors (Lipinski definition) is 1. The van der Waals surface area contributed by atoms with Crippen LogP contribution in [0.3, 0.4) is 0 Å². The topological polar surface area (TPSA) is 58.2 Å². The number of thiophene rings is 1. The molecule has 4 nitrogen and oxygen atoms in total. The van der Waals surface area contributed by atoms with Gasteiger partial charge in [0.2, 0.25) is 12.3 Å². The monoisotopic (exact) mass is 248 g/mol. The van der Waals surface area contributed by atoms with Gasteiger partial charge in [-0.1, -0.05) is 6.07 Å². The Bertz CT molecular complexity index is 548. The van der Waals surface area contributed by atoms with Crippen molar-refractivity contribution in [1.82, 2.24) is 0 Å². The molecular weight excluding hydrogens is 238 g/mol. The molecule has 0 bridgehead atoms. The van der Waals surface area contributed by atoms with Gasteiger partial charge in [-0.3, -0.25) is 4.79 Å². The van der Waals surface area contributed by atoms with Crippen molar-refractivity contribution in [2.24, 2.45) is 0 Å². The van der Waals surface area contributed by atoms with Crippen LogP contribution in [0, 0.1) is 0 Å². The van der Waals surface area contributed by atoms with Crippen molar-refractivity contribution in [3.05, 3.63) is 52.5 Å². The van der Waals surface area contributed by atoms with E-state index in [2.05, 4.69) is 0 Å². The van der Waals surface area contributed by atoms with Gasteiger partial charge in [-0.25, -0.2) is 4.79 Å². The summed E-state index contributed by atoms with van der Waals surface area (Å²) in [6.45, 7) is 0.154. The van der Waals surface area contributed by atoms with Crippen molar-refractivity contribution >= 4 is 23.1 Å². The molecule has 86 valence electrons.